The third-order valence-electron chi connectivity index (χ3n) is 1.73. The Labute approximate surface area is 93.3 Å². The normalized spacial score (nSPS) is 9.33. The molecule has 0 bridgehead atoms. The molecule has 0 saturated carbocycles. The van der Waals surface area contributed by atoms with Crippen molar-refractivity contribution in [1.82, 2.24) is 0 Å². The van der Waals surface area contributed by atoms with Gasteiger partial charge in [-0.1, -0.05) is 30.3 Å². The summed E-state index contributed by atoms with van der Waals surface area (Å²) in [7, 11) is 0. The predicted molar refractivity (Wildman–Crippen MR) is 52.8 cm³/mol. The van der Waals surface area contributed by atoms with Gasteiger partial charge in [0.15, 0.2) is 0 Å². The van der Waals surface area contributed by atoms with Crippen LogP contribution < -0.4 is 0 Å². The average molecular weight is 168 g/mol. The summed E-state index contributed by atoms with van der Waals surface area (Å²) in [6, 6.07) is 13.3. The molecule has 0 spiro atoms. The Hall–Kier alpha value is -0.500. The van der Waals surface area contributed by atoms with E-state index in [1.165, 1.54) is 0 Å². The minimum atomic E-state index is 0. The summed E-state index contributed by atoms with van der Waals surface area (Å²) in [6.45, 7) is 0. The first kappa shape index (κ1) is 9.59. The van der Waals surface area contributed by atoms with Gasteiger partial charge in [-0.3, -0.25) is 0 Å². The van der Waals surface area contributed by atoms with Crippen molar-refractivity contribution in [2.75, 3.05) is 0 Å². The summed E-state index contributed by atoms with van der Waals surface area (Å²) in [4.78, 5) is 0. The average Bonchev–Trinajstić information content (AvgIpc) is 2.04. The fourth-order valence-electron chi connectivity index (χ4n) is 1.18. The minimum absolute atomic E-state index is 0. The quantitative estimate of drug-likeness (QED) is 0.595. The topological polar surface area (TPSA) is 20.2 Å². The molecule has 0 radical (unpaired) electrons. The third-order valence-corrected chi connectivity index (χ3v) is 1.73. The van der Waals surface area contributed by atoms with Crippen molar-refractivity contribution in [3.63, 3.8) is 0 Å². The molecule has 0 aromatic heterocycles. The van der Waals surface area contributed by atoms with E-state index in [2.05, 4.69) is 0 Å². The van der Waals surface area contributed by atoms with Crippen molar-refractivity contribution in [3.8, 4) is 5.75 Å². The Kier molecular flexibility index (Phi) is 3.15. The predicted octanol–water partition coefficient (Wildman–Crippen LogP) is 1.90. The van der Waals surface area contributed by atoms with Crippen LogP contribution in [0.15, 0.2) is 42.5 Å². The van der Waals surface area contributed by atoms with Gasteiger partial charge >= 0.3 is 29.6 Å². The molecule has 0 saturated heterocycles. The molecule has 0 aliphatic heterocycles. The van der Waals surface area contributed by atoms with E-state index in [-0.39, 0.29) is 29.6 Å². The number of phenolic OH excluding ortho intramolecular Hbond substituents is 1. The molecular weight excluding hydrogens is 159 g/mol. The molecule has 2 rings (SSSR count). The summed E-state index contributed by atoms with van der Waals surface area (Å²) < 4.78 is 0. The van der Waals surface area contributed by atoms with E-state index in [1.807, 2.05) is 30.3 Å². The van der Waals surface area contributed by atoms with Gasteiger partial charge in [-0.15, -0.1) is 0 Å². The van der Waals surface area contributed by atoms with Crippen molar-refractivity contribution in [2.24, 2.45) is 0 Å². The van der Waals surface area contributed by atoms with E-state index in [4.69, 9.17) is 5.11 Å². The Morgan fingerprint density at radius 1 is 0.833 bits per heavy atom. The first-order valence-corrected chi connectivity index (χ1v) is 3.54. The van der Waals surface area contributed by atoms with Crippen LogP contribution in [0.1, 0.15) is 0 Å². The second-order valence-corrected chi connectivity index (χ2v) is 2.53. The first-order valence-electron chi connectivity index (χ1n) is 3.54. The zero-order valence-corrected chi connectivity index (χ0v) is 5.99. The number of benzene rings is 2. The summed E-state index contributed by atoms with van der Waals surface area (Å²) in [6.07, 6.45) is 0. The van der Waals surface area contributed by atoms with Crippen LogP contribution in [0.4, 0.5) is 0 Å². The van der Waals surface area contributed by atoms with Crippen LogP contribution in [0.25, 0.3) is 10.8 Å². The molecular formula is C10H9NaO. The Balaban J connectivity index is 0.000000720. The van der Waals surface area contributed by atoms with Crippen LogP contribution in [0.3, 0.4) is 0 Å². The van der Waals surface area contributed by atoms with Crippen molar-refractivity contribution < 1.29 is 5.11 Å². The maximum absolute atomic E-state index is 9.13. The number of hydrogen-bond acceptors (Lipinski definition) is 1. The van der Waals surface area contributed by atoms with Gasteiger partial charge in [0.25, 0.3) is 0 Å². The number of aromatic hydroxyl groups is 1. The fraction of sp³-hybridized carbons (Fsp3) is 0. The summed E-state index contributed by atoms with van der Waals surface area (Å²) in [5, 5.41) is 11.4. The molecule has 0 fully saturated rings. The molecule has 2 heteroatoms. The van der Waals surface area contributed by atoms with E-state index in [1.54, 1.807) is 12.1 Å². The summed E-state index contributed by atoms with van der Waals surface area (Å²) in [5.74, 6) is 0.323. The number of rotatable bonds is 0. The molecule has 0 heterocycles. The monoisotopic (exact) mass is 168 g/mol. The third kappa shape index (κ3) is 1.81. The van der Waals surface area contributed by atoms with Crippen LogP contribution in [-0.2, 0) is 0 Å². The van der Waals surface area contributed by atoms with E-state index >= 15 is 0 Å². The number of hydrogen-bond donors (Lipinski definition) is 1. The Morgan fingerprint density at radius 3 is 2.25 bits per heavy atom. The molecule has 0 aliphatic carbocycles. The van der Waals surface area contributed by atoms with Crippen molar-refractivity contribution in [2.45, 2.75) is 0 Å². The van der Waals surface area contributed by atoms with Crippen LogP contribution >= 0.6 is 0 Å². The zero-order chi connectivity index (χ0) is 7.68. The van der Waals surface area contributed by atoms with Crippen molar-refractivity contribution in [3.05, 3.63) is 42.5 Å². The van der Waals surface area contributed by atoms with Crippen LogP contribution in [0.2, 0.25) is 0 Å². The molecule has 0 amide bonds. The summed E-state index contributed by atoms with van der Waals surface area (Å²) >= 11 is 0. The van der Waals surface area contributed by atoms with Gasteiger partial charge in [-0.05, 0) is 22.9 Å². The molecule has 2 aromatic carbocycles. The molecule has 0 aliphatic rings. The molecule has 12 heavy (non-hydrogen) atoms. The van der Waals surface area contributed by atoms with Gasteiger partial charge in [0.05, 0.1) is 0 Å². The second kappa shape index (κ2) is 3.94. The second-order valence-electron chi connectivity index (χ2n) is 2.53. The van der Waals surface area contributed by atoms with Crippen molar-refractivity contribution >= 4 is 40.3 Å². The van der Waals surface area contributed by atoms with Crippen LogP contribution in [-0.4, -0.2) is 34.7 Å². The van der Waals surface area contributed by atoms with Gasteiger partial charge in [-0.25, -0.2) is 0 Å². The van der Waals surface area contributed by atoms with Gasteiger partial charge in [-0.2, -0.15) is 0 Å². The first-order chi connectivity index (χ1) is 5.36. The van der Waals surface area contributed by atoms with Crippen LogP contribution in [0.5, 0.6) is 5.75 Å². The number of fused-ring (bicyclic) bond motifs is 1. The molecule has 56 valence electrons. The van der Waals surface area contributed by atoms with Gasteiger partial charge in [0.2, 0.25) is 0 Å². The van der Waals surface area contributed by atoms with Gasteiger partial charge in [0, 0.05) is 0 Å². The molecule has 1 nitrogen and oxygen atoms in total. The molecule has 1 N–H and O–H groups in total. The fourth-order valence-corrected chi connectivity index (χ4v) is 1.18. The van der Waals surface area contributed by atoms with Gasteiger partial charge < -0.3 is 5.11 Å². The van der Waals surface area contributed by atoms with Gasteiger partial charge in [0.1, 0.15) is 5.75 Å². The van der Waals surface area contributed by atoms with Crippen LogP contribution in [0, 0.1) is 0 Å². The van der Waals surface area contributed by atoms with E-state index in [0.29, 0.717) is 5.75 Å². The van der Waals surface area contributed by atoms with E-state index < -0.39 is 0 Å². The number of phenols is 1. The molecule has 0 atom stereocenters. The molecule has 0 unspecified atom stereocenters. The van der Waals surface area contributed by atoms with E-state index in [0.717, 1.165) is 10.8 Å². The van der Waals surface area contributed by atoms with E-state index in [9.17, 15) is 0 Å². The Bertz CT molecular complexity index is 384. The Morgan fingerprint density at radius 2 is 1.50 bits per heavy atom. The zero-order valence-electron chi connectivity index (χ0n) is 5.99. The maximum atomic E-state index is 9.13. The van der Waals surface area contributed by atoms with Crippen molar-refractivity contribution in [1.29, 1.82) is 0 Å². The molecule has 2 aromatic rings. The summed E-state index contributed by atoms with van der Waals surface area (Å²) in [5.41, 5.74) is 0. The SMILES string of the molecule is Oc1ccc2ccccc2c1.[NaH]. The standard InChI is InChI=1S/C10H8O.Na.H/c11-10-6-5-8-3-1-2-4-9(8)7-10;;/h1-7,11H;;.